The highest BCUT2D eigenvalue weighted by Crippen LogP contribution is 2.21. The van der Waals surface area contributed by atoms with Crippen molar-refractivity contribution in [2.24, 2.45) is 0 Å². The predicted molar refractivity (Wildman–Crippen MR) is 57.8 cm³/mol. The summed E-state index contributed by atoms with van der Waals surface area (Å²) in [5.74, 6) is -1.95. The van der Waals surface area contributed by atoms with Crippen LogP contribution in [0.25, 0.3) is 0 Å². The molecule has 1 aromatic rings. The van der Waals surface area contributed by atoms with Crippen LogP contribution in [0.1, 0.15) is 44.9 Å². The first-order valence-electron chi connectivity index (χ1n) is 4.53. The highest BCUT2D eigenvalue weighted by atomic mass is 16.4. The standard InChI is InChI=1S/C11H11NO4/c1-5(13)7-3-8(6(2)14)10(12)9(4-7)11(15)16/h3-4H,12H2,1-2H3,(H,15,16). The zero-order valence-electron chi connectivity index (χ0n) is 8.90. The Balaban J connectivity index is 3.57. The van der Waals surface area contributed by atoms with Crippen LogP contribution in [0.3, 0.4) is 0 Å². The fourth-order valence-electron chi connectivity index (χ4n) is 1.32. The molecule has 0 aliphatic heterocycles. The number of carbonyl (C=O) groups is 3. The molecule has 0 saturated carbocycles. The smallest absolute Gasteiger partial charge is 0.337 e. The van der Waals surface area contributed by atoms with Crippen LogP contribution in [0, 0.1) is 0 Å². The summed E-state index contributed by atoms with van der Waals surface area (Å²) >= 11 is 0. The average molecular weight is 221 g/mol. The van der Waals surface area contributed by atoms with Crippen molar-refractivity contribution in [3.63, 3.8) is 0 Å². The van der Waals surface area contributed by atoms with Gasteiger partial charge in [-0.2, -0.15) is 0 Å². The zero-order valence-corrected chi connectivity index (χ0v) is 8.90. The van der Waals surface area contributed by atoms with Crippen LogP contribution < -0.4 is 5.73 Å². The van der Waals surface area contributed by atoms with Gasteiger partial charge in [-0.25, -0.2) is 4.79 Å². The van der Waals surface area contributed by atoms with Gasteiger partial charge < -0.3 is 10.8 Å². The number of nitrogens with two attached hydrogens (primary N) is 1. The largest absolute Gasteiger partial charge is 0.478 e. The van der Waals surface area contributed by atoms with E-state index >= 15 is 0 Å². The molecule has 0 saturated heterocycles. The van der Waals surface area contributed by atoms with E-state index < -0.39 is 5.97 Å². The molecule has 84 valence electrons. The Morgan fingerprint density at radius 2 is 1.56 bits per heavy atom. The van der Waals surface area contributed by atoms with Crippen LogP contribution in [0.5, 0.6) is 0 Å². The van der Waals surface area contributed by atoms with Gasteiger partial charge >= 0.3 is 5.97 Å². The van der Waals surface area contributed by atoms with Crippen LogP contribution in [0.4, 0.5) is 5.69 Å². The number of benzene rings is 1. The van der Waals surface area contributed by atoms with Gasteiger partial charge in [0, 0.05) is 11.1 Å². The van der Waals surface area contributed by atoms with Gasteiger partial charge in [0.2, 0.25) is 0 Å². The highest BCUT2D eigenvalue weighted by molar-refractivity contribution is 6.08. The summed E-state index contributed by atoms with van der Waals surface area (Å²) in [6.45, 7) is 2.56. The van der Waals surface area contributed by atoms with Crippen molar-refractivity contribution in [1.29, 1.82) is 0 Å². The fourth-order valence-corrected chi connectivity index (χ4v) is 1.32. The SMILES string of the molecule is CC(=O)c1cc(C(C)=O)c(N)c(C(=O)O)c1. The number of aromatic carboxylic acids is 1. The summed E-state index contributed by atoms with van der Waals surface area (Å²) in [7, 11) is 0. The normalized spacial score (nSPS) is 9.88. The summed E-state index contributed by atoms with van der Waals surface area (Å²) in [6, 6.07) is 2.48. The number of ketones is 2. The Kier molecular flexibility index (Phi) is 3.08. The van der Waals surface area contributed by atoms with Crippen molar-refractivity contribution in [1.82, 2.24) is 0 Å². The van der Waals surface area contributed by atoms with Crippen molar-refractivity contribution >= 4 is 23.2 Å². The van der Waals surface area contributed by atoms with Gasteiger partial charge in [0.05, 0.1) is 11.3 Å². The quantitative estimate of drug-likeness (QED) is 0.593. The molecule has 5 nitrogen and oxygen atoms in total. The lowest BCUT2D eigenvalue weighted by atomic mass is 9.99. The first kappa shape index (κ1) is 11.9. The van der Waals surface area contributed by atoms with E-state index in [0.29, 0.717) is 0 Å². The maximum Gasteiger partial charge on any atom is 0.337 e. The van der Waals surface area contributed by atoms with Crippen molar-refractivity contribution in [2.45, 2.75) is 13.8 Å². The molecule has 16 heavy (non-hydrogen) atoms. The number of rotatable bonds is 3. The van der Waals surface area contributed by atoms with E-state index in [9.17, 15) is 14.4 Å². The van der Waals surface area contributed by atoms with E-state index in [1.54, 1.807) is 0 Å². The van der Waals surface area contributed by atoms with Crippen LogP contribution in [0.2, 0.25) is 0 Å². The lowest BCUT2D eigenvalue weighted by Crippen LogP contribution is -2.10. The zero-order chi connectivity index (χ0) is 12.5. The Labute approximate surface area is 91.9 Å². The number of anilines is 1. The van der Waals surface area contributed by atoms with Gasteiger partial charge in [-0.05, 0) is 26.0 Å². The topological polar surface area (TPSA) is 97.5 Å². The molecule has 0 fully saturated rings. The Morgan fingerprint density at radius 3 is 1.94 bits per heavy atom. The maximum atomic E-state index is 11.2. The van der Waals surface area contributed by atoms with E-state index in [1.807, 2.05) is 0 Å². The minimum absolute atomic E-state index is 0.0603. The second-order valence-corrected chi connectivity index (χ2v) is 3.40. The molecule has 0 aliphatic carbocycles. The number of carbonyl (C=O) groups excluding carboxylic acids is 2. The Bertz CT molecular complexity index is 456. The number of carboxylic acid groups (broad SMARTS) is 1. The third-order valence-electron chi connectivity index (χ3n) is 2.20. The summed E-state index contributed by atoms with van der Waals surface area (Å²) < 4.78 is 0. The van der Waals surface area contributed by atoms with Gasteiger partial charge in [-0.15, -0.1) is 0 Å². The van der Waals surface area contributed by atoms with E-state index in [0.717, 1.165) is 0 Å². The third kappa shape index (κ3) is 2.08. The minimum atomic E-state index is -1.26. The predicted octanol–water partition coefficient (Wildman–Crippen LogP) is 1.37. The lowest BCUT2D eigenvalue weighted by Gasteiger charge is -2.08. The highest BCUT2D eigenvalue weighted by Gasteiger charge is 2.17. The van der Waals surface area contributed by atoms with Crippen molar-refractivity contribution < 1.29 is 19.5 Å². The van der Waals surface area contributed by atoms with Gasteiger partial charge in [0.1, 0.15) is 0 Å². The summed E-state index contributed by atoms with van der Waals surface area (Å²) in [5, 5.41) is 8.88. The van der Waals surface area contributed by atoms with Gasteiger partial charge in [-0.3, -0.25) is 9.59 Å². The van der Waals surface area contributed by atoms with E-state index in [2.05, 4.69) is 0 Å². The molecule has 0 radical (unpaired) electrons. The molecule has 1 rings (SSSR count). The maximum absolute atomic E-state index is 11.2. The Hall–Kier alpha value is -2.17. The molecule has 0 unspecified atom stereocenters. The summed E-state index contributed by atoms with van der Waals surface area (Å²) in [6.07, 6.45) is 0. The number of carboxylic acids is 1. The fraction of sp³-hybridized carbons (Fsp3) is 0.182. The molecule has 5 heteroatoms. The molecule has 3 N–H and O–H groups in total. The van der Waals surface area contributed by atoms with Gasteiger partial charge in [0.25, 0.3) is 0 Å². The van der Waals surface area contributed by atoms with Crippen LogP contribution >= 0.6 is 0 Å². The first-order chi connectivity index (χ1) is 7.34. The molecular weight excluding hydrogens is 210 g/mol. The van der Waals surface area contributed by atoms with Crippen molar-refractivity contribution in [2.75, 3.05) is 5.73 Å². The molecular formula is C11H11NO4. The molecule has 1 aromatic carbocycles. The minimum Gasteiger partial charge on any atom is -0.478 e. The second kappa shape index (κ2) is 4.14. The van der Waals surface area contributed by atoms with E-state index in [4.69, 9.17) is 10.8 Å². The Morgan fingerprint density at radius 1 is 1.06 bits per heavy atom. The molecule has 0 aliphatic rings. The lowest BCUT2D eigenvalue weighted by molar-refractivity contribution is 0.0698. The molecule has 0 bridgehead atoms. The van der Waals surface area contributed by atoms with Crippen LogP contribution in [-0.4, -0.2) is 22.6 Å². The van der Waals surface area contributed by atoms with Crippen molar-refractivity contribution in [3.8, 4) is 0 Å². The summed E-state index contributed by atoms with van der Waals surface area (Å²) in [4.78, 5) is 33.3. The molecule has 0 aromatic heterocycles. The third-order valence-corrected chi connectivity index (χ3v) is 2.20. The van der Waals surface area contributed by atoms with E-state index in [-0.39, 0.29) is 33.9 Å². The van der Waals surface area contributed by atoms with Gasteiger partial charge in [0.15, 0.2) is 11.6 Å². The second-order valence-electron chi connectivity index (χ2n) is 3.40. The average Bonchev–Trinajstić information content (AvgIpc) is 2.16. The molecule has 0 amide bonds. The van der Waals surface area contributed by atoms with Crippen LogP contribution in [-0.2, 0) is 0 Å². The number of hydrogen-bond acceptors (Lipinski definition) is 4. The molecule has 0 heterocycles. The number of Topliss-reactive ketones (excluding diaryl/α,β-unsaturated/α-hetero) is 2. The monoisotopic (exact) mass is 221 g/mol. The number of nitrogen functional groups attached to an aromatic ring is 1. The van der Waals surface area contributed by atoms with E-state index in [1.165, 1.54) is 26.0 Å². The van der Waals surface area contributed by atoms with Crippen LogP contribution in [0.15, 0.2) is 12.1 Å². The molecule has 0 spiro atoms. The first-order valence-corrected chi connectivity index (χ1v) is 4.53. The molecule has 0 atom stereocenters. The van der Waals surface area contributed by atoms with Crippen molar-refractivity contribution in [3.05, 3.63) is 28.8 Å². The summed E-state index contributed by atoms with van der Waals surface area (Å²) in [5.41, 5.74) is 5.43. The number of hydrogen-bond donors (Lipinski definition) is 2. The van der Waals surface area contributed by atoms with Gasteiger partial charge in [-0.1, -0.05) is 0 Å².